The maximum Gasteiger partial charge on any atom is 0.271 e. The van der Waals surface area contributed by atoms with Gasteiger partial charge in [-0.05, 0) is 61.0 Å². The number of rotatable bonds is 10. The summed E-state index contributed by atoms with van der Waals surface area (Å²) >= 11 is 7.59. The number of hydrogen-bond donors (Lipinski definition) is 3. The minimum atomic E-state index is -0.346. The number of aryl methyl sites for hydroxylation is 1. The van der Waals surface area contributed by atoms with E-state index < -0.39 is 0 Å². The Morgan fingerprint density at radius 2 is 1.76 bits per heavy atom. The number of anilines is 3. The van der Waals surface area contributed by atoms with E-state index in [2.05, 4.69) is 26.1 Å². The maximum absolute atomic E-state index is 12.6. The molecule has 2 amide bonds. The molecule has 4 aromatic carbocycles. The van der Waals surface area contributed by atoms with E-state index in [4.69, 9.17) is 16.3 Å². The molecule has 10 heteroatoms. The van der Waals surface area contributed by atoms with Gasteiger partial charge in [0, 0.05) is 22.2 Å². The van der Waals surface area contributed by atoms with Crippen LogP contribution >= 0.6 is 22.9 Å². The van der Waals surface area contributed by atoms with E-state index in [1.807, 2.05) is 48.7 Å². The summed E-state index contributed by atoms with van der Waals surface area (Å²) in [6.45, 7) is 1.86. The summed E-state index contributed by atoms with van der Waals surface area (Å²) in [4.78, 5) is 29.5. The van der Waals surface area contributed by atoms with Crippen LogP contribution in [0, 0.1) is 6.92 Å². The van der Waals surface area contributed by atoms with Gasteiger partial charge in [0.05, 0.1) is 22.6 Å². The van der Waals surface area contributed by atoms with Crippen molar-refractivity contribution in [1.82, 2.24) is 10.4 Å². The van der Waals surface area contributed by atoms with Gasteiger partial charge in [0.1, 0.15) is 5.75 Å². The normalized spacial score (nSPS) is 10.8. The number of halogens is 1. The third-order valence-corrected chi connectivity index (χ3v) is 7.09. The third kappa shape index (κ3) is 7.81. The summed E-state index contributed by atoms with van der Waals surface area (Å²) in [6, 6.07) is 29.3. The van der Waals surface area contributed by atoms with E-state index in [9.17, 15) is 9.59 Å². The summed E-state index contributed by atoms with van der Waals surface area (Å²) in [5.41, 5.74) is 8.10. The Bertz CT molecular complexity index is 1720. The summed E-state index contributed by atoms with van der Waals surface area (Å²) in [5, 5.41) is 13.3. The number of ether oxygens (including phenoxy) is 1. The van der Waals surface area contributed by atoms with E-state index in [-0.39, 0.29) is 18.4 Å². The van der Waals surface area contributed by atoms with Gasteiger partial charge >= 0.3 is 0 Å². The lowest BCUT2D eigenvalue weighted by molar-refractivity contribution is -0.118. The summed E-state index contributed by atoms with van der Waals surface area (Å²) < 4.78 is 5.59. The Kier molecular flexibility index (Phi) is 9.23. The third-order valence-electron chi connectivity index (χ3n) is 6.01. The largest absolute Gasteiger partial charge is 0.484 e. The summed E-state index contributed by atoms with van der Waals surface area (Å²) in [6.07, 6.45) is 1.50. The Hall–Kier alpha value is -4.99. The van der Waals surface area contributed by atoms with Crippen LogP contribution in [-0.4, -0.2) is 29.6 Å². The van der Waals surface area contributed by atoms with Crippen LogP contribution in [0.25, 0.3) is 11.3 Å². The number of benzene rings is 4. The van der Waals surface area contributed by atoms with E-state index in [1.54, 1.807) is 60.7 Å². The van der Waals surface area contributed by atoms with Crippen molar-refractivity contribution in [2.24, 2.45) is 5.10 Å². The first-order chi connectivity index (χ1) is 20.4. The van der Waals surface area contributed by atoms with Crippen molar-refractivity contribution in [1.29, 1.82) is 0 Å². The predicted octanol–water partition coefficient (Wildman–Crippen LogP) is 7.30. The number of amides is 2. The molecule has 1 aromatic heterocycles. The van der Waals surface area contributed by atoms with Crippen molar-refractivity contribution >= 4 is 57.5 Å². The van der Waals surface area contributed by atoms with Crippen molar-refractivity contribution in [3.05, 3.63) is 124 Å². The summed E-state index contributed by atoms with van der Waals surface area (Å²) in [5.74, 6) is -0.203. The van der Waals surface area contributed by atoms with Gasteiger partial charge in [-0.3, -0.25) is 9.59 Å². The van der Waals surface area contributed by atoms with Crippen LogP contribution in [-0.2, 0) is 4.79 Å². The van der Waals surface area contributed by atoms with Crippen molar-refractivity contribution in [2.75, 3.05) is 17.2 Å². The smallest absolute Gasteiger partial charge is 0.271 e. The first-order valence-electron chi connectivity index (χ1n) is 12.9. The number of hydrogen-bond acceptors (Lipinski definition) is 7. The van der Waals surface area contributed by atoms with E-state index >= 15 is 0 Å². The van der Waals surface area contributed by atoms with Crippen LogP contribution in [0.5, 0.6) is 5.75 Å². The van der Waals surface area contributed by atoms with Gasteiger partial charge in [-0.25, -0.2) is 10.4 Å². The van der Waals surface area contributed by atoms with Crippen LogP contribution in [0.3, 0.4) is 0 Å². The van der Waals surface area contributed by atoms with Crippen molar-refractivity contribution in [2.45, 2.75) is 6.92 Å². The highest BCUT2D eigenvalue weighted by Crippen LogP contribution is 2.27. The average molecular weight is 596 g/mol. The SMILES string of the molecule is Cc1ccc(Nc2nc(-c3ccc(C(=O)N/N=C/c4cccc(OCC(=O)Nc5ccccc5Cl)c4)cc3)cs2)cc1. The van der Waals surface area contributed by atoms with Crippen LogP contribution in [0.2, 0.25) is 5.02 Å². The molecule has 0 saturated carbocycles. The van der Waals surface area contributed by atoms with Crippen molar-refractivity contribution in [3.63, 3.8) is 0 Å². The molecule has 0 radical (unpaired) electrons. The van der Waals surface area contributed by atoms with Crippen molar-refractivity contribution in [3.8, 4) is 17.0 Å². The average Bonchev–Trinajstić information content (AvgIpc) is 3.47. The van der Waals surface area contributed by atoms with E-state index in [1.165, 1.54) is 23.1 Å². The molecule has 0 aliphatic rings. The van der Waals surface area contributed by atoms with E-state index in [0.717, 1.165) is 22.1 Å². The van der Waals surface area contributed by atoms with Gasteiger partial charge in [0.15, 0.2) is 11.7 Å². The number of nitrogens with zero attached hydrogens (tertiary/aromatic N) is 2. The fourth-order valence-corrected chi connectivity index (χ4v) is 4.75. The molecule has 0 spiro atoms. The monoisotopic (exact) mass is 595 g/mol. The minimum Gasteiger partial charge on any atom is -0.484 e. The highest BCUT2D eigenvalue weighted by Gasteiger charge is 2.09. The van der Waals surface area contributed by atoms with Crippen LogP contribution in [0.1, 0.15) is 21.5 Å². The zero-order valence-electron chi connectivity index (χ0n) is 22.5. The first-order valence-corrected chi connectivity index (χ1v) is 14.2. The number of thiazole rings is 1. The Morgan fingerprint density at radius 1 is 0.976 bits per heavy atom. The molecule has 0 fully saturated rings. The lowest BCUT2D eigenvalue weighted by Crippen LogP contribution is -2.20. The molecule has 210 valence electrons. The quantitative estimate of drug-likeness (QED) is 0.116. The molecule has 5 aromatic rings. The highest BCUT2D eigenvalue weighted by atomic mass is 35.5. The molecule has 3 N–H and O–H groups in total. The zero-order valence-corrected chi connectivity index (χ0v) is 24.1. The highest BCUT2D eigenvalue weighted by molar-refractivity contribution is 7.14. The molecule has 5 rings (SSSR count). The molecule has 8 nitrogen and oxygen atoms in total. The van der Waals surface area contributed by atoms with Gasteiger partial charge in [0.2, 0.25) is 0 Å². The summed E-state index contributed by atoms with van der Waals surface area (Å²) in [7, 11) is 0. The van der Waals surface area contributed by atoms with Gasteiger partial charge in [-0.1, -0.05) is 65.7 Å². The fourth-order valence-electron chi connectivity index (χ4n) is 3.83. The number of para-hydroxylation sites is 1. The number of nitrogens with one attached hydrogen (secondary N) is 3. The molecule has 1 heterocycles. The minimum absolute atomic E-state index is 0.190. The molecule has 0 atom stereocenters. The number of carbonyl (C=O) groups is 2. The Balaban J connectivity index is 1.11. The second-order valence-electron chi connectivity index (χ2n) is 9.19. The lowest BCUT2D eigenvalue weighted by atomic mass is 10.1. The van der Waals surface area contributed by atoms with Crippen LogP contribution in [0.15, 0.2) is 108 Å². The molecule has 0 unspecified atom stereocenters. The van der Waals surface area contributed by atoms with Crippen LogP contribution in [0.4, 0.5) is 16.5 Å². The molecular weight excluding hydrogens is 570 g/mol. The number of aromatic nitrogens is 1. The number of carbonyl (C=O) groups excluding carboxylic acids is 2. The molecule has 0 aliphatic heterocycles. The Labute approximate surface area is 252 Å². The topological polar surface area (TPSA) is 105 Å². The standard InChI is InChI=1S/C32H26ClN5O3S/c1-21-9-15-25(16-10-21)35-32-37-29(20-42-32)23-11-13-24(14-12-23)31(40)38-34-18-22-5-4-6-26(17-22)41-19-30(39)36-28-8-3-2-7-27(28)33/h2-18,20H,19H2,1H3,(H,35,37)(H,36,39)(H,38,40)/b34-18+. The van der Waals surface area contributed by atoms with Gasteiger partial charge in [-0.15, -0.1) is 11.3 Å². The first kappa shape index (κ1) is 28.5. The fraction of sp³-hybridized carbons (Fsp3) is 0.0625. The zero-order chi connectivity index (χ0) is 29.3. The molecule has 0 saturated heterocycles. The number of hydrazone groups is 1. The Morgan fingerprint density at radius 3 is 2.55 bits per heavy atom. The van der Waals surface area contributed by atoms with Crippen LogP contribution < -0.4 is 20.8 Å². The van der Waals surface area contributed by atoms with Gasteiger partial charge < -0.3 is 15.4 Å². The molecule has 42 heavy (non-hydrogen) atoms. The molecular formula is C32H26ClN5O3S. The van der Waals surface area contributed by atoms with E-state index in [0.29, 0.717) is 27.6 Å². The maximum atomic E-state index is 12.6. The predicted molar refractivity (Wildman–Crippen MR) is 169 cm³/mol. The molecule has 0 aliphatic carbocycles. The van der Waals surface area contributed by atoms with Gasteiger partial charge in [0.25, 0.3) is 11.8 Å². The van der Waals surface area contributed by atoms with Gasteiger partial charge in [-0.2, -0.15) is 5.10 Å². The van der Waals surface area contributed by atoms with Crippen molar-refractivity contribution < 1.29 is 14.3 Å². The second kappa shape index (κ2) is 13.6. The second-order valence-corrected chi connectivity index (χ2v) is 10.5. The lowest BCUT2D eigenvalue weighted by Gasteiger charge is -2.09. The molecule has 0 bridgehead atoms.